The number of hydrogen-bond acceptors (Lipinski definition) is 5. The molecule has 152 valence electrons. The number of carbonyl (C=O) groups excluding carboxylic acids is 1. The Kier molecular flexibility index (Phi) is 9.09. The van der Waals surface area contributed by atoms with E-state index in [9.17, 15) is 9.90 Å². The molecule has 0 saturated carbocycles. The minimum Gasteiger partial charge on any atom is -0.508 e. The van der Waals surface area contributed by atoms with E-state index in [2.05, 4.69) is 4.74 Å². The molecule has 0 unspecified atom stereocenters. The van der Waals surface area contributed by atoms with Crippen LogP contribution < -0.4 is 4.74 Å². The summed E-state index contributed by atoms with van der Waals surface area (Å²) in [6, 6.07) is 8.54. The second-order valence-electron chi connectivity index (χ2n) is 6.16. The van der Waals surface area contributed by atoms with Gasteiger partial charge in [0.25, 0.3) is 0 Å². The van der Waals surface area contributed by atoms with Crippen molar-refractivity contribution in [3.63, 3.8) is 0 Å². The number of hydrogen-bond donors (Lipinski definition) is 2. The highest BCUT2D eigenvalue weighted by molar-refractivity contribution is 5.94. The highest BCUT2D eigenvalue weighted by Crippen LogP contribution is 2.28. The van der Waals surface area contributed by atoms with E-state index in [-0.39, 0.29) is 11.7 Å². The van der Waals surface area contributed by atoms with Gasteiger partial charge in [-0.05, 0) is 79.3 Å². The maximum atomic E-state index is 11.3. The van der Waals surface area contributed by atoms with Crippen molar-refractivity contribution in [2.24, 2.45) is 0 Å². The second-order valence-corrected chi connectivity index (χ2v) is 6.16. The van der Waals surface area contributed by atoms with Gasteiger partial charge in [-0.3, -0.25) is 0 Å². The molecule has 0 aliphatic heterocycles. The van der Waals surface area contributed by atoms with Crippen LogP contribution in [-0.4, -0.2) is 30.4 Å². The van der Waals surface area contributed by atoms with Gasteiger partial charge in [0.15, 0.2) is 0 Å². The van der Waals surface area contributed by atoms with E-state index in [1.807, 2.05) is 39.8 Å². The van der Waals surface area contributed by atoms with Crippen molar-refractivity contribution >= 4 is 12.0 Å². The predicted octanol–water partition coefficient (Wildman–Crippen LogP) is 4.94. The molecule has 1 aliphatic carbocycles. The first-order chi connectivity index (χ1) is 13.3. The van der Waals surface area contributed by atoms with Crippen molar-refractivity contribution in [2.45, 2.75) is 40.5 Å². The summed E-state index contributed by atoms with van der Waals surface area (Å²) in [5.41, 5.74) is 4.67. The van der Waals surface area contributed by atoms with Gasteiger partial charge in [0.2, 0.25) is 0 Å². The Balaban J connectivity index is 0.000000268. The zero-order valence-corrected chi connectivity index (χ0v) is 17.5. The summed E-state index contributed by atoms with van der Waals surface area (Å²) in [4.78, 5) is 11.3. The van der Waals surface area contributed by atoms with Gasteiger partial charge in [-0.2, -0.15) is 0 Å². The molecule has 0 radical (unpaired) electrons. The normalized spacial score (nSPS) is 11.6. The molecule has 0 aromatic heterocycles. The molecule has 2 N–H and O–H groups in total. The number of benzene rings is 2. The highest BCUT2D eigenvalue weighted by atomic mass is 16.5. The summed E-state index contributed by atoms with van der Waals surface area (Å²) in [5.74, 6) is 1.14. The zero-order chi connectivity index (χ0) is 21.3. The van der Waals surface area contributed by atoms with Crippen LogP contribution in [0.1, 0.15) is 42.5 Å². The SMILES string of the molecule is CC.COC(=O)C1=Cc2ccc(O)cc2CC1.COc1c(C)cc(O)cc1C. The number of rotatable bonds is 2. The van der Waals surface area contributed by atoms with Crippen molar-refractivity contribution in [1.82, 2.24) is 0 Å². The first-order valence-electron chi connectivity index (χ1n) is 9.30. The summed E-state index contributed by atoms with van der Waals surface area (Å²) < 4.78 is 9.79. The smallest absolute Gasteiger partial charge is 0.333 e. The third-order valence-corrected chi connectivity index (χ3v) is 4.22. The second kappa shape index (κ2) is 11.0. The van der Waals surface area contributed by atoms with Crippen molar-refractivity contribution < 1.29 is 24.5 Å². The van der Waals surface area contributed by atoms with Crippen LogP contribution in [0.15, 0.2) is 35.9 Å². The quantitative estimate of drug-likeness (QED) is 0.715. The number of esters is 1. The molecule has 1 aliphatic rings. The molecule has 0 saturated heterocycles. The molecule has 0 bridgehead atoms. The highest BCUT2D eigenvalue weighted by Gasteiger charge is 2.16. The number of carbonyl (C=O) groups is 1. The van der Waals surface area contributed by atoms with Crippen LogP contribution in [0.3, 0.4) is 0 Å². The maximum absolute atomic E-state index is 11.3. The van der Waals surface area contributed by atoms with E-state index in [1.54, 1.807) is 31.4 Å². The van der Waals surface area contributed by atoms with Crippen LogP contribution in [0.5, 0.6) is 17.2 Å². The van der Waals surface area contributed by atoms with Crippen LogP contribution in [0.4, 0.5) is 0 Å². The minimum absolute atomic E-state index is 0.267. The van der Waals surface area contributed by atoms with Gasteiger partial charge >= 0.3 is 5.97 Å². The summed E-state index contributed by atoms with van der Waals surface area (Å²) >= 11 is 0. The van der Waals surface area contributed by atoms with E-state index in [0.717, 1.165) is 34.4 Å². The van der Waals surface area contributed by atoms with Gasteiger partial charge in [-0.25, -0.2) is 4.79 Å². The molecule has 5 heteroatoms. The summed E-state index contributed by atoms with van der Waals surface area (Å²) in [6.45, 7) is 7.82. The summed E-state index contributed by atoms with van der Waals surface area (Å²) in [5, 5.41) is 18.5. The standard InChI is InChI=1S/C12H12O3.C9H12O2.C2H6/c1-15-12(14)10-3-2-9-7-11(13)5-4-8(9)6-10;1-6-4-8(10)5-7(2)9(6)11-3;1-2/h4-7,13H,2-3H2,1H3;4-5,10H,1-3H3;1-2H3. The number of aryl methyl sites for hydroxylation is 3. The predicted molar refractivity (Wildman–Crippen MR) is 112 cm³/mol. The van der Waals surface area contributed by atoms with Crippen LogP contribution in [-0.2, 0) is 16.0 Å². The lowest BCUT2D eigenvalue weighted by Gasteiger charge is -2.14. The van der Waals surface area contributed by atoms with Gasteiger partial charge < -0.3 is 19.7 Å². The van der Waals surface area contributed by atoms with Gasteiger partial charge in [0.05, 0.1) is 14.2 Å². The molecule has 0 spiro atoms. The molecule has 5 nitrogen and oxygen atoms in total. The Morgan fingerprint density at radius 1 is 0.929 bits per heavy atom. The van der Waals surface area contributed by atoms with Gasteiger partial charge in [-0.1, -0.05) is 19.9 Å². The molecule has 2 aromatic carbocycles. The lowest BCUT2D eigenvalue weighted by molar-refractivity contribution is -0.136. The Labute approximate surface area is 167 Å². The number of phenols is 2. The number of ether oxygens (including phenoxy) is 2. The lowest BCUT2D eigenvalue weighted by atomic mass is 9.92. The Hall–Kier alpha value is -2.95. The lowest BCUT2D eigenvalue weighted by Crippen LogP contribution is -2.09. The molecule has 2 aromatic rings. The molecular weight excluding hydrogens is 356 g/mol. The van der Waals surface area contributed by atoms with E-state index < -0.39 is 0 Å². The van der Waals surface area contributed by atoms with Crippen molar-refractivity contribution in [3.05, 3.63) is 58.2 Å². The van der Waals surface area contributed by atoms with Crippen molar-refractivity contribution in [1.29, 1.82) is 0 Å². The number of fused-ring (bicyclic) bond motifs is 1. The van der Waals surface area contributed by atoms with Crippen LogP contribution >= 0.6 is 0 Å². The Morgan fingerprint density at radius 2 is 1.54 bits per heavy atom. The van der Waals surface area contributed by atoms with E-state index in [1.165, 1.54) is 7.11 Å². The molecule has 0 atom stereocenters. The number of aromatic hydroxyl groups is 2. The average molecular weight is 386 g/mol. The van der Waals surface area contributed by atoms with Gasteiger partial charge in [0.1, 0.15) is 17.2 Å². The molecule has 3 rings (SSSR count). The largest absolute Gasteiger partial charge is 0.508 e. The van der Waals surface area contributed by atoms with E-state index in [0.29, 0.717) is 17.7 Å². The first kappa shape index (κ1) is 23.1. The van der Waals surface area contributed by atoms with Crippen molar-refractivity contribution in [3.8, 4) is 17.2 Å². The Morgan fingerprint density at radius 3 is 2.07 bits per heavy atom. The topological polar surface area (TPSA) is 76.0 Å². The third kappa shape index (κ3) is 6.05. The fraction of sp³-hybridized carbons (Fsp3) is 0.348. The zero-order valence-electron chi connectivity index (χ0n) is 17.5. The summed E-state index contributed by atoms with van der Waals surface area (Å²) in [7, 11) is 3.02. The monoisotopic (exact) mass is 386 g/mol. The average Bonchev–Trinajstić information content (AvgIpc) is 2.68. The van der Waals surface area contributed by atoms with Crippen molar-refractivity contribution in [2.75, 3.05) is 14.2 Å². The number of phenolic OH excluding ortho intramolecular Hbond substituents is 2. The molecular formula is C23H30O5. The van der Waals surface area contributed by atoms with Crippen LogP contribution in [0, 0.1) is 13.8 Å². The fourth-order valence-electron chi connectivity index (χ4n) is 3.02. The maximum Gasteiger partial charge on any atom is 0.333 e. The van der Waals surface area contributed by atoms with Gasteiger partial charge in [0, 0.05) is 5.57 Å². The van der Waals surface area contributed by atoms with Crippen LogP contribution in [0.25, 0.3) is 6.08 Å². The molecule has 28 heavy (non-hydrogen) atoms. The molecule has 0 amide bonds. The first-order valence-corrected chi connectivity index (χ1v) is 9.30. The molecule has 0 fully saturated rings. The third-order valence-electron chi connectivity index (χ3n) is 4.22. The Bertz CT molecular complexity index is 814. The van der Waals surface area contributed by atoms with Crippen LogP contribution in [0.2, 0.25) is 0 Å². The minimum atomic E-state index is -0.270. The molecule has 0 heterocycles. The summed E-state index contributed by atoms with van der Waals surface area (Å²) in [6.07, 6.45) is 3.26. The van der Waals surface area contributed by atoms with E-state index >= 15 is 0 Å². The van der Waals surface area contributed by atoms with E-state index in [4.69, 9.17) is 9.84 Å². The fourth-order valence-corrected chi connectivity index (χ4v) is 3.02. The van der Waals surface area contributed by atoms with Gasteiger partial charge in [-0.15, -0.1) is 0 Å². The number of methoxy groups -OCH3 is 2.